The van der Waals surface area contributed by atoms with Crippen LogP contribution in [-0.4, -0.2) is 63.8 Å². The second-order valence-corrected chi connectivity index (χ2v) is 10.2. The first-order valence-electron chi connectivity index (χ1n) is 13.4. The molecule has 2 fully saturated rings. The van der Waals surface area contributed by atoms with Gasteiger partial charge in [0.2, 0.25) is 0 Å². The summed E-state index contributed by atoms with van der Waals surface area (Å²) in [6.45, 7) is 6.22. The van der Waals surface area contributed by atoms with E-state index < -0.39 is 0 Å². The third-order valence-electron chi connectivity index (χ3n) is 8.04. The van der Waals surface area contributed by atoms with Crippen LogP contribution in [0.5, 0.6) is 0 Å². The normalized spacial score (nSPS) is 18.9. The smallest absolute Gasteiger partial charge is 0.154 e. The molecule has 0 unspecified atom stereocenters. The van der Waals surface area contributed by atoms with Crippen molar-refractivity contribution in [1.82, 2.24) is 24.5 Å². The number of pyridine rings is 1. The summed E-state index contributed by atoms with van der Waals surface area (Å²) in [5.74, 6) is 1.68. The van der Waals surface area contributed by atoms with Crippen molar-refractivity contribution in [1.29, 1.82) is 0 Å². The molecule has 1 aromatic carbocycles. The van der Waals surface area contributed by atoms with E-state index in [1.54, 1.807) is 12.1 Å². The second-order valence-electron chi connectivity index (χ2n) is 10.2. The van der Waals surface area contributed by atoms with Gasteiger partial charge in [0.15, 0.2) is 5.65 Å². The Hall–Kier alpha value is -3.52. The van der Waals surface area contributed by atoms with Crippen LogP contribution in [0.15, 0.2) is 60.8 Å². The van der Waals surface area contributed by atoms with Gasteiger partial charge in [-0.15, -0.1) is 5.10 Å². The maximum Gasteiger partial charge on any atom is 0.154 e. The monoisotopic (exact) mass is 499 g/mol. The van der Waals surface area contributed by atoms with Crippen LogP contribution < -0.4 is 9.80 Å². The lowest BCUT2D eigenvalue weighted by Gasteiger charge is -2.37. The minimum absolute atomic E-state index is 0.115. The molecule has 192 valence electrons. The number of aromatic nitrogens is 4. The van der Waals surface area contributed by atoms with E-state index in [1.165, 1.54) is 6.07 Å². The highest BCUT2D eigenvalue weighted by atomic mass is 19.1. The summed E-state index contributed by atoms with van der Waals surface area (Å²) in [4.78, 5) is 16.8. The van der Waals surface area contributed by atoms with Crippen LogP contribution >= 0.6 is 0 Å². The van der Waals surface area contributed by atoms with Gasteiger partial charge in [-0.05, 0) is 81.2 Å². The predicted molar refractivity (Wildman–Crippen MR) is 145 cm³/mol. The fraction of sp³-hybridized carbons (Fsp3) is 0.414. The quantitative estimate of drug-likeness (QED) is 0.364. The van der Waals surface area contributed by atoms with E-state index >= 15 is 0 Å². The van der Waals surface area contributed by atoms with Crippen LogP contribution in [0, 0.1) is 5.82 Å². The Balaban J connectivity index is 1.27. The van der Waals surface area contributed by atoms with Crippen LogP contribution in [0.1, 0.15) is 44.2 Å². The first-order valence-corrected chi connectivity index (χ1v) is 13.4. The number of rotatable bonds is 6. The van der Waals surface area contributed by atoms with E-state index in [0.29, 0.717) is 6.04 Å². The zero-order valence-electron chi connectivity index (χ0n) is 21.6. The van der Waals surface area contributed by atoms with Gasteiger partial charge in [-0.25, -0.2) is 18.9 Å². The third kappa shape index (κ3) is 4.66. The Labute approximate surface area is 217 Å². The topological polar surface area (TPSA) is 52.8 Å². The van der Waals surface area contributed by atoms with Gasteiger partial charge in [-0.2, -0.15) is 0 Å². The van der Waals surface area contributed by atoms with E-state index in [2.05, 4.69) is 45.8 Å². The first kappa shape index (κ1) is 23.9. The molecule has 0 aliphatic carbocycles. The van der Waals surface area contributed by atoms with Gasteiger partial charge < -0.3 is 14.7 Å². The van der Waals surface area contributed by atoms with E-state index in [4.69, 9.17) is 10.1 Å². The second kappa shape index (κ2) is 10.1. The summed E-state index contributed by atoms with van der Waals surface area (Å²) in [5, 5.41) is 5.00. The highest BCUT2D eigenvalue weighted by Crippen LogP contribution is 2.36. The number of hydrogen-bond donors (Lipinski definition) is 0. The molecule has 0 radical (unpaired) electrons. The largest absolute Gasteiger partial charge is 0.356 e. The van der Waals surface area contributed by atoms with Crippen LogP contribution in [0.25, 0.3) is 17.0 Å². The van der Waals surface area contributed by atoms with Crippen molar-refractivity contribution in [3.05, 3.63) is 72.2 Å². The van der Waals surface area contributed by atoms with Gasteiger partial charge in [0, 0.05) is 25.7 Å². The van der Waals surface area contributed by atoms with Gasteiger partial charge >= 0.3 is 0 Å². The molecule has 2 aliphatic rings. The standard InChI is InChI=1S/C29H34FN7/c1-3-34(2)23-14-17-35(18-15-23)28-11-5-9-24(32-28)26-20-31-27-12-13-29(33-37(26)27)36-16-6-10-25(36)21-7-4-8-22(30)19-21/h4-5,7-9,11-13,19-20,23,25H,3,6,10,14-18H2,1-2H3/t25-/m1/s1. The van der Waals surface area contributed by atoms with Crippen molar-refractivity contribution in [2.75, 3.05) is 43.0 Å². The maximum atomic E-state index is 13.9. The lowest BCUT2D eigenvalue weighted by molar-refractivity contribution is 0.217. The zero-order valence-corrected chi connectivity index (χ0v) is 21.6. The highest BCUT2D eigenvalue weighted by Gasteiger charge is 2.28. The van der Waals surface area contributed by atoms with Gasteiger partial charge in [0.05, 0.1) is 17.9 Å². The van der Waals surface area contributed by atoms with E-state index in [1.807, 2.05) is 35.0 Å². The number of nitrogens with zero attached hydrogens (tertiary/aromatic N) is 7. The molecule has 2 saturated heterocycles. The maximum absolute atomic E-state index is 13.9. The molecular formula is C29H34FN7. The Morgan fingerprint density at radius 1 is 0.973 bits per heavy atom. The summed E-state index contributed by atoms with van der Waals surface area (Å²) in [7, 11) is 2.22. The molecule has 0 N–H and O–H groups in total. The average Bonchev–Trinajstić information content (AvgIpc) is 3.60. The molecule has 0 amide bonds. The highest BCUT2D eigenvalue weighted by molar-refractivity contribution is 5.62. The summed E-state index contributed by atoms with van der Waals surface area (Å²) in [5.41, 5.74) is 3.52. The predicted octanol–water partition coefficient (Wildman–Crippen LogP) is 5.19. The Kier molecular flexibility index (Phi) is 6.50. The van der Waals surface area contributed by atoms with Crippen molar-refractivity contribution < 1.29 is 4.39 Å². The SMILES string of the molecule is CCN(C)C1CCN(c2cccc(-c3cnc4ccc(N5CCC[C@@H]5c5cccc(F)c5)nn34)n2)CC1. The van der Waals surface area contributed by atoms with Crippen molar-refractivity contribution in [3.8, 4) is 11.4 Å². The summed E-state index contributed by atoms with van der Waals surface area (Å²) < 4.78 is 15.8. The Morgan fingerprint density at radius 2 is 1.81 bits per heavy atom. The lowest BCUT2D eigenvalue weighted by atomic mass is 10.0. The average molecular weight is 500 g/mol. The summed E-state index contributed by atoms with van der Waals surface area (Å²) in [6, 6.07) is 17.9. The number of hydrogen-bond acceptors (Lipinski definition) is 6. The summed E-state index contributed by atoms with van der Waals surface area (Å²) >= 11 is 0. The van der Waals surface area contributed by atoms with Crippen molar-refractivity contribution in [2.24, 2.45) is 0 Å². The van der Waals surface area contributed by atoms with Gasteiger partial charge in [-0.3, -0.25) is 0 Å². The minimum atomic E-state index is -0.197. The molecule has 0 saturated carbocycles. The van der Waals surface area contributed by atoms with Crippen molar-refractivity contribution in [2.45, 2.75) is 44.7 Å². The molecule has 4 aromatic rings. The molecule has 1 atom stereocenters. The molecule has 2 aliphatic heterocycles. The molecule has 0 bridgehead atoms. The molecule has 5 heterocycles. The molecule has 3 aromatic heterocycles. The number of anilines is 2. The van der Waals surface area contributed by atoms with Gasteiger partial charge in [0.25, 0.3) is 0 Å². The van der Waals surface area contributed by atoms with Crippen LogP contribution in [-0.2, 0) is 0 Å². The number of imidazole rings is 1. The fourth-order valence-corrected chi connectivity index (χ4v) is 5.83. The summed E-state index contributed by atoms with van der Waals surface area (Å²) in [6.07, 6.45) is 6.19. The van der Waals surface area contributed by atoms with E-state index in [0.717, 1.165) is 86.1 Å². The van der Waals surface area contributed by atoms with E-state index in [9.17, 15) is 4.39 Å². The number of benzene rings is 1. The molecule has 37 heavy (non-hydrogen) atoms. The molecule has 8 heteroatoms. The molecule has 6 rings (SSSR count). The fourth-order valence-electron chi connectivity index (χ4n) is 5.83. The van der Waals surface area contributed by atoms with Gasteiger partial charge in [-0.1, -0.05) is 25.1 Å². The Morgan fingerprint density at radius 3 is 2.62 bits per heavy atom. The minimum Gasteiger partial charge on any atom is -0.356 e. The number of fused-ring (bicyclic) bond motifs is 1. The number of piperidine rings is 1. The lowest BCUT2D eigenvalue weighted by Crippen LogP contribution is -2.43. The third-order valence-corrected chi connectivity index (χ3v) is 8.04. The zero-order chi connectivity index (χ0) is 25.4. The van der Waals surface area contributed by atoms with Crippen LogP contribution in [0.4, 0.5) is 16.0 Å². The van der Waals surface area contributed by atoms with E-state index in [-0.39, 0.29) is 11.9 Å². The molecule has 7 nitrogen and oxygen atoms in total. The number of halogens is 1. The van der Waals surface area contributed by atoms with Crippen LogP contribution in [0.3, 0.4) is 0 Å². The first-order chi connectivity index (χ1) is 18.1. The Bertz CT molecular complexity index is 1380. The van der Waals surface area contributed by atoms with Gasteiger partial charge in [0.1, 0.15) is 23.1 Å². The van der Waals surface area contributed by atoms with Crippen molar-refractivity contribution >= 4 is 17.3 Å². The van der Waals surface area contributed by atoms with Crippen molar-refractivity contribution in [3.63, 3.8) is 0 Å². The molecular weight excluding hydrogens is 465 g/mol. The van der Waals surface area contributed by atoms with Crippen LogP contribution in [0.2, 0.25) is 0 Å². The molecule has 0 spiro atoms.